The van der Waals surface area contributed by atoms with Gasteiger partial charge in [-0.1, -0.05) is 19.9 Å². The minimum atomic E-state index is 0.268. The Labute approximate surface area is 110 Å². The van der Waals surface area contributed by atoms with E-state index in [2.05, 4.69) is 32.2 Å². The molecule has 0 aliphatic rings. The first-order chi connectivity index (χ1) is 8.58. The van der Waals surface area contributed by atoms with Crippen molar-refractivity contribution in [1.29, 1.82) is 0 Å². The fourth-order valence-corrected chi connectivity index (χ4v) is 1.68. The lowest BCUT2D eigenvalue weighted by Gasteiger charge is -2.18. The second-order valence-corrected chi connectivity index (χ2v) is 4.95. The highest BCUT2D eigenvalue weighted by atomic mass is 16.5. The molecule has 0 radical (unpaired) electrons. The summed E-state index contributed by atoms with van der Waals surface area (Å²) in [5.74, 6) is 2.40. The molecule has 1 N–H and O–H groups in total. The average Bonchev–Trinajstić information content (AvgIpc) is 2.37. The molecule has 1 aromatic carbocycles. The molecule has 1 unspecified atom stereocenters. The summed E-state index contributed by atoms with van der Waals surface area (Å²) in [5, 5.41) is 3.24. The summed E-state index contributed by atoms with van der Waals surface area (Å²) >= 11 is 0. The van der Waals surface area contributed by atoms with E-state index in [1.807, 2.05) is 19.2 Å². The third-order valence-electron chi connectivity index (χ3n) is 3.07. The predicted molar refractivity (Wildman–Crippen MR) is 75.4 cm³/mol. The highest BCUT2D eigenvalue weighted by Gasteiger charge is 2.11. The van der Waals surface area contributed by atoms with Crippen molar-refractivity contribution >= 4 is 0 Å². The van der Waals surface area contributed by atoms with E-state index in [0.29, 0.717) is 5.92 Å². The summed E-state index contributed by atoms with van der Waals surface area (Å²) in [6.07, 6.45) is 1.06. The molecule has 0 heterocycles. The quantitative estimate of drug-likeness (QED) is 0.805. The zero-order valence-corrected chi connectivity index (χ0v) is 12.1. The lowest BCUT2D eigenvalue weighted by atomic mass is 10.1. The molecule has 1 atom stereocenters. The average molecular weight is 251 g/mol. The largest absolute Gasteiger partial charge is 0.497 e. The molecule has 3 nitrogen and oxygen atoms in total. The van der Waals surface area contributed by atoms with Crippen LogP contribution in [0.5, 0.6) is 11.5 Å². The first kappa shape index (κ1) is 14.8. The van der Waals surface area contributed by atoms with Gasteiger partial charge in [0, 0.05) is 17.7 Å². The Kier molecular flexibility index (Phi) is 5.99. The van der Waals surface area contributed by atoms with Crippen LogP contribution >= 0.6 is 0 Å². The van der Waals surface area contributed by atoms with E-state index < -0.39 is 0 Å². The molecule has 0 aliphatic heterocycles. The second-order valence-electron chi connectivity index (χ2n) is 4.95. The van der Waals surface area contributed by atoms with Crippen molar-refractivity contribution in [3.63, 3.8) is 0 Å². The Bertz CT molecular complexity index is 364. The summed E-state index contributed by atoms with van der Waals surface area (Å²) in [7, 11) is 3.63. The molecule has 102 valence electrons. The molecular weight excluding hydrogens is 226 g/mol. The topological polar surface area (TPSA) is 30.5 Å². The number of ether oxygens (including phenoxy) is 2. The molecule has 0 fully saturated rings. The standard InChI is InChI=1S/C15H25NO2/c1-11(2)8-9-18-15-10-13(17-5)6-7-14(15)12(3)16-4/h6-7,10-12,16H,8-9H2,1-5H3. The van der Waals surface area contributed by atoms with Gasteiger partial charge in [0.15, 0.2) is 0 Å². The number of methoxy groups -OCH3 is 1. The smallest absolute Gasteiger partial charge is 0.127 e. The Balaban J connectivity index is 2.82. The highest BCUT2D eigenvalue weighted by molar-refractivity contribution is 5.42. The predicted octanol–water partition coefficient (Wildman–Crippen LogP) is 3.40. The highest BCUT2D eigenvalue weighted by Crippen LogP contribution is 2.29. The summed E-state index contributed by atoms with van der Waals surface area (Å²) in [6, 6.07) is 6.26. The third kappa shape index (κ3) is 4.22. The molecule has 18 heavy (non-hydrogen) atoms. The van der Waals surface area contributed by atoms with E-state index >= 15 is 0 Å². The van der Waals surface area contributed by atoms with Crippen LogP contribution in [0.1, 0.15) is 38.8 Å². The minimum absolute atomic E-state index is 0.268. The lowest BCUT2D eigenvalue weighted by Crippen LogP contribution is -2.14. The van der Waals surface area contributed by atoms with Crippen molar-refractivity contribution < 1.29 is 9.47 Å². The first-order valence-electron chi connectivity index (χ1n) is 6.56. The number of hydrogen-bond acceptors (Lipinski definition) is 3. The van der Waals surface area contributed by atoms with Gasteiger partial charge in [-0.25, -0.2) is 0 Å². The summed E-state index contributed by atoms with van der Waals surface area (Å²) in [6.45, 7) is 7.27. The first-order valence-corrected chi connectivity index (χ1v) is 6.56. The molecule has 1 aromatic rings. The molecule has 0 bridgehead atoms. The molecule has 0 aliphatic carbocycles. The second kappa shape index (κ2) is 7.27. The van der Waals surface area contributed by atoms with E-state index in [-0.39, 0.29) is 6.04 Å². The van der Waals surface area contributed by atoms with Crippen molar-refractivity contribution in [2.24, 2.45) is 5.92 Å². The molecule has 0 aromatic heterocycles. The Morgan fingerprint density at radius 3 is 2.50 bits per heavy atom. The van der Waals surface area contributed by atoms with Gasteiger partial charge in [0.2, 0.25) is 0 Å². The number of rotatable bonds is 7. The van der Waals surface area contributed by atoms with Crippen LogP contribution in [0.15, 0.2) is 18.2 Å². The van der Waals surface area contributed by atoms with Gasteiger partial charge in [-0.2, -0.15) is 0 Å². The monoisotopic (exact) mass is 251 g/mol. The van der Waals surface area contributed by atoms with Crippen molar-refractivity contribution in [3.8, 4) is 11.5 Å². The van der Waals surface area contributed by atoms with Gasteiger partial charge in [0.05, 0.1) is 13.7 Å². The van der Waals surface area contributed by atoms with Gasteiger partial charge in [0.1, 0.15) is 11.5 Å². The van der Waals surface area contributed by atoms with Gasteiger partial charge in [-0.3, -0.25) is 0 Å². The van der Waals surface area contributed by atoms with Crippen LogP contribution < -0.4 is 14.8 Å². The summed E-state index contributed by atoms with van der Waals surface area (Å²) in [5.41, 5.74) is 1.17. The zero-order chi connectivity index (χ0) is 13.5. The molecule has 0 saturated carbocycles. The minimum Gasteiger partial charge on any atom is -0.497 e. The molecule has 1 rings (SSSR count). The van der Waals surface area contributed by atoms with Gasteiger partial charge in [-0.15, -0.1) is 0 Å². The number of benzene rings is 1. The molecule has 0 saturated heterocycles. The number of hydrogen-bond donors (Lipinski definition) is 1. The van der Waals surface area contributed by atoms with E-state index in [4.69, 9.17) is 9.47 Å². The van der Waals surface area contributed by atoms with Crippen LogP contribution in [-0.2, 0) is 0 Å². The molecule has 0 amide bonds. The summed E-state index contributed by atoms with van der Waals surface area (Å²) in [4.78, 5) is 0. The van der Waals surface area contributed by atoms with Gasteiger partial charge >= 0.3 is 0 Å². The van der Waals surface area contributed by atoms with Crippen LogP contribution in [0.25, 0.3) is 0 Å². The van der Waals surface area contributed by atoms with E-state index in [1.54, 1.807) is 7.11 Å². The van der Waals surface area contributed by atoms with Crippen LogP contribution in [0, 0.1) is 5.92 Å². The van der Waals surface area contributed by atoms with E-state index in [1.165, 1.54) is 5.56 Å². The van der Waals surface area contributed by atoms with Gasteiger partial charge in [0.25, 0.3) is 0 Å². The Hall–Kier alpha value is -1.22. The van der Waals surface area contributed by atoms with Crippen LogP contribution in [0.2, 0.25) is 0 Å². The Morgan fingerprint density at radius 1 is 1.22 bits per heavy atom. The maximum Gasteiger partial charge on any atom is 0.127 e. The SMILES string of the molecule is CNC(C)c1ccc(OC)cc1OCCC(C)C. The fourth-order valence-electron chi connectivity index (χ4n) is 1.68. The van der Waals surface area contributed by atoms with Crippen LogP contribution in [0.3, 0.4) is 0 Å². The fraction of sp³-hybridized carbons (Fsp3) is 0.600. The maximum atomic E-state index is 5.89. The van der Waals surface area contributed by atoms with E-state index in [0.717, 1.165) is 24.5 Å². The molecule has 0 spiro atoms. The maximum absolute atomic E-state index is 5.89. The molecular formula is C15H25NO2. The molecule has 3 heteroatoms. The lowest BCUT2D eigenvalue weighted by molar-refractivity contribution is 0.283. The normalized spacial score (nSPS) is 12.6. The van der Waals surface area contributed by atoms with E-state index in [9.17, 15) is 0 Å². The third-order valence-corrected chi connectivity index (χ3v) is 3.07. The van der Waals surface area contributed by atoms with Crippen molar-refractivity contribution in [2.45, 2.75) is 33.2 Å². The van der Waals surface area contributed by atoms with Crippen molar-refractivity contribution in [1.82, 2.24) is 5.32 Å². The van der Waals surface area contributed by atoms with Crippen LogP contribution in [0.4, 0.5) is 0 Å². The van der Waals surface area contributed by atoms with Gasteiger partial charge in [-0.05, 0) is 32.4 Å². The van der Waals surface area contributed by atoms with Crippen molar-refractivity contribution in [3.05, 3.63) is 23.8 Å². The van der Waals surface area contributed by atoms with Gasteiger partial charge < -0.3 is 14.8 Å². The van der Waals surface area contributed by atoms with Crippen LogP contribution in [-0.4, -0.2) is 20.8 Å². The zero-order valence-electron chi connectivity index (χ0n) is 12.1. The summed E-state index contributed by atoms with van der Waals surface area (Å²) < 4.78 is 11.1. The van der Waals surface area contributed by atoms with Crippen molar-refractivity contribution in [2.75, 3.05) is 20.8 Å². The number of nitrogens with one attached hydrogen (secondary N) is 1. The Morgan fingerprint density at radius 2 is 1.94 bits per heavy atom.